The van der Waals surface area contributed by atoms with Gasteiger partial charge >= 0.3 is 0 Å². The van der Waals surface area contributed by atoms with Gasteiger partial charge in [0.1, 0.15) is 11.6 Å². The van der Waals surface area contributed by atoms with Crippen molar-refractivity contribution in [1.29, 1.82) is 0 Å². The zero-order chi connectivity index (χ0) is 23.6. The quantitative estimate of drug-likeness (QED) is 0.542. The van der Waals surface area contributed by atoms with Crippen molar-refractivity contribution in [2.45, 2.75) is 11.0 Å². The molecule has 1 atom stereocenters. The summed E-state index contributed by atoms with van der Waals surface area (Å²) in [5.74, 6) is -0.114. The van der Waals surface area contributed by atoms with E-state index in [-0.39, 0.29) is 23.0 Å². The van der Waals surface area contributed by atoms with Crippen LogP contribution in [-0.2, 0) is 24.8 Å². The number of ether oxygens (including phenoxy) is 1. The SMILES string of the molecule is CS(=O)(=O)N1C[C@H](C(=O)Nc2ccc(S(=O)(=O)Nc3ccccn3)cc2)Oc2ccccc21. The number of sulfonamides is 2. The number of pyridine rings is 1. The first-order chi connectivity index (χ1) is 15.6. The first-order valence-corrected chi connectivity index (χ1v) is 13.0. The molecule has 10 nitrogen and oxygen atoms in total. The molecular weight excluding hydrogens is 468 g/mol. The molecule has 0 saturated carbocycles. The summed E-state index contributed by atoms with van der Waals surface area (Å²) in [6.07, 6.45) is 1.43. The molecule has 2 aromatic carbocycles. The van der Waals surface area contributed by atoms with Gasteiger partial charge in [-0.2, -0.15) is 0 Å². The molecule has 0 fully saturated rings. The summed E-state index contributed by atoms with van der Waals surface area (Å²) in [4.78, 5) is 16.7. The third kappa shape index (κ3) is 5.07. The number of nitrogens with one attached hydrogen (secondary N) is 2. The molecule has 0 radical (unpaired) electrons. The fourth-order valence-corrected chi connectivity index (χ4v) is 5.14. The number of aromatic nitrogens is 1. The summed E-state index contributed by atoms with van der Waals surface area (Å²) in [5.41, 5.74) is 0.684. The second-order valence-electron chi connectivity index (χ2n) is 7.20. The number of amides is 1. The smallest absolute Gasteiger partial charge is 0.267 e. The summed E-state index contributed by atoms with van der Waals surface area (Å²) in [6, 6.07) is 16.9. The van der Waals surface area contributed by atoms with Gasteiger partial charge in [0.15, 0.2) is 6.10 Å². The van der Waals surface area contributed by atoms with E-state index in [1.807, 2.05) is 0 Å². The van der Waals surface area contributed by atoms with Crippen LogP contribution in [0.1, 0.15) is 0 Å². The number of nitrogens with zero attached hydrogens (tertiary/aromatic N) is 2. The first kappa shape index (κ1) is 22.6. The van der Waals surface area contributed by atoms with Crippen LogP contribution in [0.4, 0.5) is 17.2 Å². The van der Waals surface area contributed by atoms with E-state index in [9.17, 15) is 21.6 Å². The standard InChI is InChI=1S/C21H20N4O6S2/c1-32(27,28)25-14-19(31-18-7-3-2-6-17(18)25)21(26)23-15-9-11-16(12-10-15)33(29,30)24-20-8-4-5-13-22-20/h2-13,19H,14H2,1H3,(H,22,24)(H,23,26)/t19-/m1/s1. The molecule has 12 heteroatoms. The van der Waals surface area contributed by atoms with E-state index in [1.54, 1.807) is 36.4 Å². The summed E-state index contributed by atoms with van der Waals surface area (Å²) in [6.45, 7) is -0.192. The Kier molecular flexibility index (Phi) is 5.95. The maximum absolute atomic E-state index is 12.8. The Balaban J connectivity index is 1.48. The molecule has 2 N–H and O–H groups in total. The lowest BCUT2D eigenvalue weighted by Gasteiger charge is -2.33. The van der Waals surface area contributed by atoms with Crippen molar-refractivity contribution in [2.75, 3.05) is 27.1 Å². The monoisotopic (exact) mass is 488 g/mol. The number of benzene rings is 2. The Morgan fingerprint density at radius 3 is 2.36 bits per heavy atom. The fourth-order valence-electron chi connectivity index (χ4n) is 3.21. The lowest BCUT2D eigenvalue weighted by molar-refractivity contribution is -0.122. The van der Waals surface area contributed by atoms with E-state index in [4.69, 9.17) is 4.74 Å². The molecule has 0 aliphatic carbocycles. The molecule has 0 saturated heterocycles. The predicted molar refractivity (Wildman–Crippen MR) is 123 cm³/mol. The Morgan fingerprint density at radius 1 is 1.00 bits per heavy atom. The van der Waals surface area contributed by atoms with Gasteiger partial charge in [-0.3, -0.25) is 13.8 Å². The maximum Gasteiger partial charge on any atom is 0.267 e. The molecule has 4 rings (SSSR count). The molecule has 2 heterocycles. The van der Waals surface area contributed by atoms with E-state index >= 15 is 0 Å². The number of para-hydroxylation sites is 2. The minimum absolute atomic E-state index is 0.0164. The lowest BCUT2D eigenvalue weighted by Crippen LogP contribution is -2.48. The molecule has 0 unspecified atom stereocenters. The fraction of sp³-hybridized carbons (Fsp3) is 0.143. The average molecular weight is 489 g/mol. The number of carbonyl (C=O) groups is 1. The van der Waals surface area contributed by atoms with Crippen molar-refractivity contribution in [3.63, 3.8) is 0 Å². The van der Waals surface area contributed by atoms with Crippen LogP contribution >= 0.6 is 0 Å². The molecule has 0 spiro atoms. The van der Waals surface area contributed by atoms with Crippen molar-refractivity contribution in [2.24, 2.45) is 0 Å². The van der Waals surface area contributed by atoms with Crippen molar-refractivity contribution in [1.82, 2.24) is 4.98 Å². The van der Waals surface area contributed by atoms with Gasteiger partial charge in [0, 0.05) is 11.9 Å². The largest absolute Gasteiger partial charge is 0.476 e. The van der Waals surface area contributed by atoms with Gasteiger partial charge in [0.2, 0.25) is 10.0 Å². The Labute approximate surface area is 191 Å². The van der Waals surface area contributed by atoms with Gasteiger partial charge in [-0.15, -0.1) is 0 Å². The van der Waals surface area contributed by atoms with Gasteiger partial charge in [-0.1, -0.05) is 18.2 Å². The van der Waals surface area contributed by atoms with Crippen LogP contribution in [0.5, 0.6) is 5.75 Å². The van der Waals surface area contributed by atoms with Gasteiger partial charge in [-0.05, 0) is 48.5 Å². The van der Waals surface area contributed by atoms with Crippen LogP contribution in [-0.4, -0.2) is 46.6 Å². The van der Waals surface area contributed by atoms with Crippen LogP contribution in [0, 0.1) is 0 Å². The predicted octanol–water partition coefficient (Wildman–Crippen LogP) is 2.05. The van der Waals surface area contributed by atoms with Gasteiger partial charge in [0.05, 0.1) is 23.4 Å². The minimum atomic E-state index is -3.86. The molecular formula is C21H20N4O6S2. The number of carbonyl (C=O) groups excluding carboxylic acids is 1. The number of hydrogen-bond donors (Lipinski definition) is 2. The average Bonchev–Trinajstić information content (AvgIpc) is 2.78. The third-order valence-electron chi connectivity index (χ3n) is 4.76. The van der Waals surface area contributed by atoms with E-state index < -0.39 is 32.1 Å². The maximum atomic E-state index is 12.8. The van der Waals surface area contributed by atoms with Crippen LogP contribution in [0.2, 0.25) is 0 Å². The number of anilines is 3. The topological polar surface area (TPSA) is 135 Å². The first-order valence-electron chi connectivity index (χ1n) is 9.72. The second-order valence-corrected chi connectivity index (χ2v) is 10.8. The van der Waals surface area contributed by atoms with Gasteiger partial charge in [0.25, 0.3) is 15.9 Å². The minimum Gasteiger partial charge on any atom is -0.476 e. The van der Waals surface area contributed by atoms with E-state index in [0.29, 0.717) is 11.4 Å². The summed E-state index contributed by atoms with van der Waals surface area (Å²) in [5, 5.41) is 2.63. The normalized spacial score (nSPS) is 15.8. The highest BCUT2D eigenvalue weighted by molar-refractivity contribution is 7.92. The zero-order valence-electron chi connectivity index (χ0n) is 17.4. The van der Waals surface area contributed by atoms with Crippen molar-refractivity contribution >= 4 is 43.1 Å². The molecule has 1 aliphatic heterocycles. The van der Waals surface area contributed by atoms with E-state index in [1.165, 1.54) is 36.5 Å². The van der Waals surface area contributed by atoms with Gasteiger partial charge in [-0.25, -0.2) is 21.8 Å². The molecule has 1 aromatic heterocycles. The van der Waals surface area contributed by atoms with Crippen LogP contribution in [0.3, 0.4) is 0 Å². The number of fused-ring (bicyclic) bond motifs is 1. The Bertz CT molecular complexity index is 1380. The highest BCUT2D eigenvalue weighted by atomic mass is 32.2. The highest BCUT2D eigenvalue weighted by Crippen LogP contribution is 2.34. The molecule has 33 heavy (non-hydrogen) atoms. The van der Waals surface area contributed by atoms with Crippen molar-refractivity contribution < 1.29 is 26.4 Å². The molecule has 1 aliphatic rings. The van der Waals surface area contributed by atoms with Crippen LogP contribution < -0.4 is 19.1 Å². The number of hydrogen-bond acceptors (Lipinski definition) is 7. The van der Waals surface area contributed by atoms with Crippen LogP contribution in [0.15, 0.2) is 77.8 Å². The molecule has 3 aromatic rings. The summed E-state index contributed by atoms with van der Waals surface area (Å²) < 4.78 is 58.6. The van der Waals surface area contributed by atoms with Crippen molar-refractivity contribution in [3.05, 3.63) is 72.9 Å². The van der Waals surface area contributed by atoms with Gasteiger partial charge < -0.3 is 10.1 Å². The van der Waals surface area contributed by atoms with E-state index in [0.717, 1.165) is 10.6 Å². The van der Waals surface area contributed by atoms with E-state index in [2.05, 4.69) is 15.0 Å². The Morgan fingerprint density at radius 2 is 1.70 bits per heavy atom. The lowest BCUT2D eigenvalue weighted by atomic mass is 10.2. The molecule has 172 valence electrons. The van der Waals surface area contributed by atoms with Crippen molar-refractivity contribution in [3.8, 4) is 5.75 Å². The third-order valence-corrected chi connectivity index (χ3v) is 7.28. The van der Waals surface area contributed by atoms with Crippen LogP contribution in [0.25, 0.3) is 0 Å². The summed E-state index contributed by atoms with van der Waals surface area (Å²) >= 11 is 0. The number of rotatable bonds is 6. The summed E-state index contributed by atoms with van der Waals surface area (Å²) in [7, 11) is -7.49. The molecule has 1 amide bonds. The molecule has 0 bridgehead atoms. The second kappa shape index (κ2) is 8.71. The zero-order valence-corrected chi connectivity index (χ0v) is 19.0. The Hall–Kier alpha value is -3.64. The highest BCUT2D eigenvalue weighted by Gasteiger charge is 2.34.